The summed E-state index contributed by atoms with van der Waals surface area (Å²) in [5, 5.41) is 2.79. The number of nitrogens with zero attached hydrogens (tertiary/aromatic N) is 3. The number of piperazine rings is 1. The summed E-state index contributed by atoms with van der Waals surface area (Å²) in [6, 6.07) is 26.2. The van der Waals surface area contributed by atoms with Crippen molar-refractivity contribution in [3.05, 3.63) is 95.6 Å². The van der Waals surface area contributed by atoms with Crippen molar-refractivity contribution in [3.63, 3.8) is 0 Å². The van der Waals surface area contributed by atoms with Gasteiger partial charge in [0.2, 0.25) is 5.91 Å². The van der Waals surface area contributed by atoms with Gasteiger partial charge < -0.3 is 29.5 Å². The second-order valence-corrected chi connectivity index (χ2v) is 11.6. The van der Waals surface area contributed by atoms with Gasteiger partial charge >= 0.3 is 12.2 Å². The summed E-state index contributed by atoms with van der Waals surface area (Å²) in [6.45, 7) is 2.86. The lowest BCUT2D eigenvalue weighted by molar-refractivity contribution is -0.134. The SMILES string of the molecule is CN(C)[C@@H](CCCNC(=O)OCc1ccccc1)CC(=O)N1CCN(C(=O)OCC2c3ccccc3-c3ccccc32)CC1. The Morgan fingerprint density at radius 2 is 1.41 bits per heavy atom. The molecular formula is C35H42N4O5. The van der Waals surface area contributed by atoms with Gasteiger partial charge in [-0.2, -0.15) is 0 Å². The molecule has 1 aliphatic carbocycles. The van der Waals surface area contributed by atoms with Gasteiger partial charge in [-0.15, -0.1) is 0 Å². The molecule has 1 aliphatic heterocycles. The highest BCUT2D eigenvalue weighted by Crippen LogP contribution is 2.44. The number of fused-ring (bicyclic) bond motifs is 3. The lowest BCUT2D eigenvalue weighted by Crippen LogP contribution is -2.51. The van der Waals surface area contributed by atoms with Gasteiger partial charge in [0, 0.05) is 51.1 Å². The number of alkyl carbamates (subject to hydrolysis) is 1. The molecule has 0 saturated carbocycles. The van der Waals surface area contributed by atoms with E-state index in [1.807, 2.05) is 73.6 Å². The van der Waals surface area contributed by atoms with E-state index in [2.05, 4.69) is 34.5 Å². The Balaban J connectivity index is 1.02. The van der Waals surface area contributed by atoms with E-state index in [4.69, 9.17) is 9.47 Å². The number of hydrogen-bond donors (Lipinski definition) is 1. The van der Waals surface area contributed by atoms with Crippen molar-refractivity contribution < 1.29 is 23.9 Å². The fourth-order valence-electron chi connectivity index (χ4n) is 6.00. The van der Waals surface area contributed by atoms with Gasteiger partial charge in [0.1, 0.15) is 13.2 Å². The van der Waals surface area contributed by atoms with Crippen LogP contribution >= 0.6 is 0 Å². The molecule has 1 fully saturated rings. The van der Waals surface area contributed by atoms with Crippen molar-refractivity contribution in [1.82, 2.24) is 20.0 Å². The van der Waals surface area contributed by atoms with Gasteiger partial charge in [-0.3, -0.25) is 4.79 Å². The number of benzene rings is 3. The number of amides is 3. The number of carbonyl (C=O) groups excluding carboxylic acids is 3. The minimum atomic E-state index is -0.444. The smallest absolute Gasteiger partial charge is 0.409 e. The molecule has 1 heterocycles. The Labute approximate surface area is 259 Å². The molecule has 1 saturated heterocycles. The number of rotatable bonds is 11. The first-order valence-corrected chi connectivity index (χ1v) is 15.4. The molecule has 3 amide bonds. The number of carbonyl (C=O) groups is 3. The first-order chi connectivity index (χ1) is 21.4. The van der Waals surface area contributed by atoms with Gasteiger partial charge in [-0.25, -0.2) is 9.59 Å². The van der Waals surface area contributed by atoms with Crippen LogP contribution in [0, 0.1) is 0 Å². The van der Waals surface area contributed by atoms with Crippen LogP contribution in [0.25, 0.3) is 11.1 Å². The molecule has 9 heteroatoms. The minimum Gasteiger partial charge on any atom is -0.448 e. The molecule has 9 nitrogen and oxygen atoms in total. The van der Waals surface area contributed by atoms with Crippen LogP contribution in [0.1, 0.15) is 41.9 Å². The van der Waals surface area contributed by atoms with Crippen molar-refractivity contribution in [1.29, 1.82) is 0 Å². The van der Waals surface area contributed by atoms with E-state index < -0.39 is 6.09 Å². The highest BCUT2D eigenvalue weighted by molar-refractivity contribution is 5.79. The Bertz CT molecular complexity index is 1380. The molecule has 0 bridgehead atoms. The molecule has 232 valence electrons. The van der Waals surface area contributed by atoms with Crippen LogP contribution in [-0.2, 0) is 20.9 Å². The number of hydrogen-bond acceptors (Lipinski definition) is 6. The second-order valence-electron chi connectivity index (χ2n) is 11.6. The average molecular weight is 599 g/mol. The van der Waals surface area contributed by atoms with Crippen molar-refractivity contribution in [2.75, 3.05) is 53.4 Å². The molecule has 2 aliphatic rings. The molecule has 3 aromatic carbocycles. The first-order valence-electron chi connectivity index (χ1n) is 15.4. The zero-order chi connectivity index (χ0) is 30.9. The molecule has 5 rings (SSSR count). The van der Waals surface area contributed by atoms with Gasteiger partial charge in [0.25, 0.3) is 0 Å². The van der Waals surface area contributed by atoms with Crippen LogP contribution in [0.5, 0.6) is 0 Å². The average Bonchev–Trinajstić information content (AvgIpc) is 3.38. The minimum absolute atomic E-state index is 0.0207. The third-order valence-corrected chi connectivity index (χ3v) is 8.56. The summed E-state index contributed by atoms with van der Waals surface area (Å²) in [5.41, 5.74) is 5.71. The van der Waals surface area contributed by atoms with E-state index in [1.54, 1.807) is 4.90 Å². The van der Waals surface area contributed by atoms with Crippen LogP contribution in [0.15, 0.2) is 78.9 Å². The van der Waals surface area contributed by atoms with Crippen LogP contribution in [0.2, 0.25) is 0 Å². The normalized spacial score (nSPS) is 15.0. The highest BCUT2D eigenvalue weighted by atomic mass is 16.6. The Kier molecular flexibility index (Phi) is 10.5. The maximum atomic E-state index is 13.2. The third kappa shape index (κ3) is 7.77. The molecule has 0 spiro atoms. The van der Waals surface area contributed by atoms with Gasteiger partial charge in [0.15, 0.2) is 0 Å². The monoisotopic (exact) mass is 598 g/mol. The maximum absolute atomic E-state index is 13.2. The van der Waals surface area contributed by atoms with Crippen molar-refractivity contribution in [3.8, 4) is 11.1 Å². The van der Waals surface area contributed by atoms with Crippen molar-refractivity contribution >= 4 is 18.1 Å². The quantitative estimate of drug-likeness (QED) is 0.309. The molecule has 1 N–H and O–H groups in total. The molecule has 0 unspecified atom stereocenters. The summed E-state index contributed by atoms with van der Waals surface area (Å²) in [7, 11) is 3.93. The standard InChI is InChI=1S/C35H42N4O5/c1-37(2)27(13-10-18-36-34(41)43-24-26-11-4-3-5-12-26)23-33(40)38-19-21-39(22-20-38)35(42)44-25-32-30-16-8-6-14-28(30)29-15-7-9-17-31(29)32/h3-9,11-12,14-17,27,32H,10,13,18-25H2,1-2H3,(H,36,41)/t27-/m0/s1. The Morgan fingerprint density at radius 3 is 2.05 bits per heavy atom. The van der Waals surface area contributed by atoms with Gasteiger partial charge in [-0.05, 0) is 54.8 Å². The third-order valence-electron chi connectivity index (χ3n) is 8.56. The van der Waals surface area contributed by atoms with E-state index in [0.29, 0.717) is 39.1 Å². The lowest BCUT2D eigenvalue weighted by Gasteiger charge is -2.35. The van der Waals surface area contributed by atoms with Gasteiger partial charge in [0.05, 0.1) is 0 Å². The summed E-state index contributed by atoms with van der Waals surface area (Å²) in [5.74, 6) is 0.0958. The van der Waals surface area contributed by atoms with E-state index >= 15 is 0 Å². The Hall–Kier alpha value is -4.37. The van der Waals surface area contributed by atoms with Crippen LogP contribution in [0.4, 0.5) is 9.59 Å². The summed E-state index contributed by atoms with van der Waals surface area (Å²) in [4.78, 5) is 43.7. The molecule has 44 heavy (non-hydrogen) atoms. The summed E-state index contributed by atoms with van der Waals surface area (Å²) in [6.07, 6.45) is 1.10. The van der Waals surface area contributed by atoms with E-state index in [-0.39, 0.29) is 37.2 Å². The molecule has 0 aromatic heterocycles. The van der Waals surface area contributed by atoms with E-state index in [9.17, 15) is 14.4 Å². The van der Waals surface area contributed by atoms with Crippen LogP contribution in [-0.4, -0.2) is 92.3 Å². The van der Waals surface area contributed by atoms with Crippen LogP contribution in [0.3, 0.4) is 0 Å². The zero-order valence-electron chi connectivity index (χ0n) is 25.6. The highest BCUT2D eigenvalue weighted by Gasteiger charge is 2.31. The maximum Gasteiger partial charge on any atom is 0.409 e. The topological polar surface area (TPSA) is 91.4 Å². The molecule has 3 aromatic rings. The van der Waals surface area contributed by atoms with Crippen LogP contribution < -0.4 is 5.32 Å². The first kappa shape index (κ1) is 31.1. The Morgan fingerprint density at radius 1 is 0.818 bits per heavy atom. The number of ether oxygens (including phenoxy) is 2. The van der Waals surface area contributed by atoms with Crippen molar-refractivity contribution in [2.24, 2.45) is 0 Å². The molecular weight excluding hydrogens is 556 g/mol. The lowest BCUT2D eigenvalue weighted by atomic mass is 9.98. The van der Waals surface area contributed by atoms with Crippen molar-refractivity contribution in [2.45, 2.75) is 37.8 Å². The van der Waals surface area contributed by atoms with Gasteiger partial charge in [-0.1, -0.05) is 78.9 Å². The largest absolute Gasteiger partial charge is 0.448 e. The fourth-order valence-corrected chi connectivity index (χ4v) is 6.00. The van der Waals surface area contributed by atoms with E-state index in [0.717, 1.165) is 18.4 Å². The van der Waals surface area contributed by atoms with E-state index in [1.165, 1.54) is 22.3 Å². The summed E-state index contributed by atoms with van der Waals surface area (Å²) < 4.78 is 11.1. The number of nitrogens with one attached hydrogen (secondary N) is 1. The second kappa shape index (κ2) is 14.9. The predicted octanol–water partition coefficient (Wildman–Crippen LogP) is 5.11. The zero-order valence-corrected chi connectivity index (χ0v) is 25.6. The molecule has 1 atom stereocenters. The summed E-state index contributed by atoms with van der Waals surface area (Å²) >= 11 is 0. The predicted molar refractivity (Wildman–Crippen MR) is 169 cm³/mol. The fraction of sp³-hybridized carbons (Fsp3) is 0.400. The molecule has 0 radical (unpaired) electrons.